The molecule has 1 N–H and O–H groups in total. The van der Waals surface area contributed by atoms with E-state index in [4.69, 9.17) is 0 Å². The van der Waals surface area contributed by atoms with Crippen molar-refractivity contribution in [1.29, 1.82) is 0 Å². The topological polar surface area (TPSA) is 35.6 Å². The fourth-order valence-electron chi connectivity index (χ4n) is 2.22. The number of nitrogens with zero attached hydrogens (tertiary/aromatic N) is 2. The number of likely N-dealkylation sites (tertiary alicyclic amines) is 1. The van der Waals surface area contributed by atoms with Crippen LogP contribution in [0.15, 0.2) is 0 Å². The maximum atomic E-state index is 12.0. The van der Waals surface area contributed by atoms with E-state index in [1.165, 1.54) is 6.42 Å². The molecule has 0 aromatic heterocycles. The van der Waals surface area contributed by atoms with E-state index in [2.05, 4.69) is 45.1 Å². The summed E-state index contributed by atoms with van der Waals surface area (Å²) in [6.45, 7) is 9.11. The number of carbonyl (C=O) groups is 1. The van der Waals surface area contributed by atoms with Gasteiger partial charge in [-0.15, -0.1) is 0 Å². The molecular formula is C14H29N3O. The highest BCUT2D eigenvalue weighted by Gasteiger charge is 2.24. The molecule has 0 unspecified atom stereocenters. The van der Waals surface area contributed by atoms with E-state index < -0.39 is 0 Å². The summed E-state index contributed by atoms with van der Waals surface area (Å²) in [5.41, 5.74) is 0.279. The monoisotopic (exact) mass is 255 g/mol. The molecule has 1 saturated heterocycles. The minimum absolute atomic E-state index is 0.103. The summed E-state index contributed by atoms with van der Waals surface area (Å²) in [6, 6.07) is 0.609. The van der Waals surface area contributed by atoms with Gasteiger partial charge in [0.05, 0.1) is 0 Å². The number of likely N-dealkylation sites (N-methyl/N-ethyl adjacent to an activating group) is 1. The van der Waals surface area contributed by atoms with Crippen molar-refractivity contribution in [1.82, 2.24) is 15.1 Å². The van der Waals surface area contributed by atoms with Crippen LogP contribution in [-0.4, -0.2) is 55.6 Å². The summed E-state index contributed by atoms with van der Waals surface area (Å²) in [4.78, 5) is 16.2. The first-order chi connectivity index (χ1) is 8.29. The van der Waals surface area contributed by atoms with Crippen LogP contribution in [-0.2, 0) is 0 Å². The predicted octanol–water partition coefficient (Wildman–Crippen LogP) is 2.16. The fraction of sp³-hybridized carbons (Fsp3) is 0.929. The third kappa shape index (κ3) is 5.25. The molecule has 0 radical (unpaired) electrons. The largest absolute Gasteiger partial charge is 0.338 e. The van der Waals surface area contributed by atoms with Crippen LogP contribution in [0.1, 0.15) is 40.0 Å². The minimum atomic E-state index is 0.103. The lowest BCUT2D eigenvalue weighted by Crippen LogP contribution is -2.51. The average molecular weight is 255 g/mol. The quantitative estimate of drug-likeness (QED) is 0.839. The van der Waals surface area contributed by atoms with Gasteiger partial charge in [0.2, 0.25) is 0 Å². The Balaban J connectivity index is 2.33. The Labute approximate surface area is 112 Å². The molecule has 1 atom stereocenters. The van der Waals surface area contributed by atoms with Crippen molar-refractivity contribution in [3.63, 3.8) is 0 Å². The van der Waals surface area contributed by atoms with E-state index in [-0.39, 0.29) is 11.4 Å². The van der Waals surface area contributed by atoms with E-state index in [1.807, 2.05) is 4.90 Å². The summed E-state index contributed by atoms with van der Waals surface area (Å²) >= 11 is 0. The van der Waals surface area contributed by atoms with Gasteiger partial charge in [-0.25, -0.2) is 4.79 Å². The van der Waals surface area contributed by atoms with Gasteiger partial charge in [-0.1, -0.05) is 20.8 Å². The lowest BCUT2D eigenvalue weighted by Gasteiger charge is -2.36. The predicted molar refractivity (Wildman–Crippen MR) is 75.8 cm³/mol. The Morgan fingerprint density at radius 1 is 1.39 bits per heavy atom. The van der Waals surface area contributed by atoms with Crippen molar-refractivity contribution in [3.8, 4) is 0 Å². The molecule has 4 nitrogen and oxygen atoms in total. The zero-order valence-electron chi connectivity index (χ0n) is 12.6. The van der Waals surface area contributed by atoms with Gasteiger partial charge in [-0.3, -0.25) is 0 Å². The molecule has 1 rings (SSSR count). The Morgan fingerprint density at radius 2 is 2.06 bits per heavy atom. The standard InChI is InChI=1S/C14H29N3O/c1-14(2,3)8-9-15-13(18)17-10-6-7-12(11-17)16(4)5/h12H,6-11H2,1-5H3,(H,15,18)/t12-/m0/s1. The van der Waals surface area contributed by atoms with Gasteiger partial charge >= 0.3 is 6.03 Å². The van der Waals surface area contributed by atoms with Crippen molar-refractivity contribution in [2.75, 3.05) is 33.7 Å². The van der Waals surface area contributed by atoms with Gasteiger partial charge < -0.3 is 15.1 Å². The molecule has 0 bridgehead atoms. The molecule has 0 spiro atoms. The average Bonchev–Trinajstić information content (AvgIpc) is 2.27. The normalized spacial score (nSPS) is 21.2. The lowest BCUT2D eigenvalue weighted by molar-refractivity contribution is 0.139. The SMILES string of the molecule is CN(C)[C@H]1CCCN(C(=O)NCCC(C)(C)C)C1. The summed E-state index contributed by atoms with van der Waals surface area (Å²) in [7, 11) is 4.18. The summed E-state index contributed by atoms with van der Waals surface area (Å²) in [5.74, 6) is 0. The molecular weight excluding hydrogens is 226 g/mol. The van der Waals surface area contributed by atoms with Gasteiger partial charge in [0.25, 0.3) is 0 Å². The van der Waals surface area contributed by atoms with Gasteiger partial charge in [-0.05, 0) is 38.8 Å². The van der Waals surface area contributed by atoms with Gasteiger partial charge in [-0.2, -0.15) is 0 Å². The van der Waals surface area contributed by atoms with Crippen LogP contribution in [0, 0.1) is 5.41 Å². The van der Waals surface area contributed by atoms with E-state index in [1.54, 1.807) is 0 Å². The molecule has 4 heteroatoms. The number of hydrogen-bond acceptors (Lipinski definition) is 2. The number of nitrogens with one attached hydrogen (secondary N) is 1. The molecule has 1 heterocycles. The van der Waals surface area contributed by atoms with E-state index in [0.717, 1.165) is 32.5 Å². The Morgan fingerprint density at radius 3 is 2.61 bits per heavy atom. The van der Waals surface area contributed by atoms with Gasteiger partial charge in [0, 0.05) is 25.7 Å². The molecule has 0 aromatic rings. The summed E-state index contributed by atoms with van der Waals surface area (Å²) < 4.78 is 0. The first-order valence-corrected chi connectivity index (χ1v) is 6.99. The van der Waals surface area contributed by atoms with E-state index in [0.29, 0.717) is 6.04 Å². The van der Waals surface area contributed by atoms with Gasteiger partial charge in [0.1, 0.15) is 0 Å². The molecule has 18 heavy (non-hydrogen) atoms. The Hall–Kier alpha value is -0.770. The summed E-state index contributed by atoms with van der Waals surface area (Å²) in [5, 5.41) is 3.04. The molecule has 0 saturated carbocycles. The van der Waals surface area contributed by atoms with Crippen molar-refractivity contribution in [2.45, 2.75) is 46.1 Å². The van der Waals surface area contributed by atoms with Crippen LogP contribution >= 0.6 is 0 Å². The van der Waals surface area contributed by atoms with Crippen LogP contribution in [0.4, 0.5) is 4.79 Å². The fourth-order valence-corrected chi connectivity index (χ4v) is 2.22. The number of carbonyl (C=O) groups excluding carboxylic acids is 1. The second-order valence-corrected chi connectivity index (χ2v) is 6.75. The number of rotatable bonds is 3. The lowest BCUT2D eigenvalue weighted by atomic mass is 9.92. The molecule has 1 aliphatic rings. The highest BCUT2D eigenvalue weighted by Crippen LogP contribution is 2.17. The zero-order valence-corrected chi connectivity index (χ0v) is 12.6. The van der Waals surface area contributed by atoms with Gasteiger partial charge in [0.15, 0.2) is 0 Å². The Bertz CT molecular complexity index is 271. The van der Waals surface area contributed by atoms with Crippen LogP contribution < -0.4 is 5.32 Å². The highest BCUT2D eigenvalue weighted by atomic mass is 16.2. The third-order valence-corrected chi connectivity index (χ3v) is 3.57. The van der Waals surface area contributed by atoms with Crippen LogP contribution in [0.5, 0.6) is 0 Å². The van der Waals surface area contributed by atoms with Crippen LogP contribution in [0.25, 0.3) is 0 Å². The molecule has 0 aliphatic carbocycles. The minimum Gasteiger partial charge on any atom is -0.338 e. The van der Waals surface area contributed by atoms with Crippen molar-refractivity contribution in [2.24, 2.45) is 5.41 Å². The molecule has 1 aliphatic heterocycles. The van der Waals surface area contributed by atoms with Crippen LogP contribution in [0.3, 0.4) is 0 Å². The molecule has 0 aromatic carbocycles. The zero-order chi connectivity index (χ0) is 13.8. The molecule has 1 fully saturated rings. The molecule has 2 amide bonds. The highest BCUT2D eigenvalue weighted by molar-refractivity contribution is 5.74. The van der Waals surface area contributed by atoms with E-state index >= 15 is 0 Å². The second kappa shape index (κ2) is 6.41. The first-order valence-electron chi connectivity index (χ1n) is 6.99. The van der Waals surface area contributed by atoms with Crippen molar-refractivity contribution in [3.05, 3.63) is 0 Å². The first kappa shape index (κ1) is 15.3. The van der Waals surface area contributed by atoms with Crippen molar-refractivity contribution < 1.29 is 4.79 Å². The third-order valence-electron chi connectivity index (χ3n) is 3.57. The Kier molecular flexibility index (Phi) is 5.45. The summed E-state index contributed by atoms with van der Waals surface area (Å²) in [6.07, 6.45) is 3.32. The number of hydrogen-bond donors (Lipinski definition) is 1. The van der Waals surface area contributed by atoms with E-state index in [9.17, 15) is 4.79 Å². The number of piperidine rings is 1. The number of urea groups is 1. The maximum Gasteiger partial charge on any atom is 0.317 e. The molecule has 106 valence electrons. The number of amides is 2. The van der Waals surface area contributed by atoms with Crippen LogP contribution in [0.2, 0.25) is 0 Å². The van der Waals surface area contributed by atoms with Crippen molar-refractivity contribution >= 4 is 6.03 Å². The smallest absolute Gasteiger partial charge is 0.317 e. The maximum absolute atomic E-state index is 12.0. The second-order valence-electron chi connectivity index (χ2n) is 6.75.